The van der Waals surface area contributed by atoms with Crippen LogP contribution in [0.3, 0.4) is 0 Å². The summed E-state index contributed by atoms with van der Waals surface area (Å²) in [6, 6.07) is 8.24. The fourth-order valence-corrected chi connectivity index (χ4v) is 1.83. The molecule has 3 N–H and O–H groups in total. The van der Waals surface area contributed by atoms with E-state index in [1.807, 2.05) is 6.07 Å². The zero-order valence-corrected chi connectivity index (χ0v) is 13.3. The maximum absolute atomic E-state index is 11.4. The summed E-state index contributed by atoms with van der Waals surface area (Å²) in [5.74, 6) is -0.925. The molecule has 122 valence electrons. The second kappa shape index (κ2) is 8.38. The second-order valence-corrected chi connectivity index (χ2v) is 5.92. The van der Waals surface area contributed by atoms with Gasteiger partial charge in [-0.1, -0.05) is 30.3 Å². The Hall–Kier alpha value is -2.08. The molecule has 0 spiro atoms. The quantitative estimate of drug-likeness (QED) is 0.673. The van der Waals surface area contributed by atoms with Crippen LogP contribution < -0.4 is 10.6 Å². The normalized spacial score (nSPS) is 12.5. The highest BCUT2D eigenvalue weighted by Gasteiger charge is 2.18. The minimum atomic E-state index is -0.925. The number of carbonyl (C=O) groups excluding carboxylic acids is 1. The molecule has 1 amide bonds. The van der Waals surface area contributed by atoms with Crippen molar-refractivity contribution in [1.29, 1.82) is 0 Å². The summed E-state index contributed by atoms with van der Waals surface area (Å²) in [7, 11) is 0. The van der Waals surface area contributed by atoms with Gasteiger partial charge in [-0.2, -0.15) is 0 Å². The van der Waals surface area contributed by atoms with E-state index < -0.39 is 23.7 Å². The van der Waals surface area contributed by atoms with E-state index in [-0.39, 0.29) is 0 Å². The van der Waals surface area contributed by atoms with Crippen molar-refractivity contribution in [2.75, 3.05) is 13.1 Å². The fourth-order valence-electron chi connectivity index (χ4n) is 1.83. The number of rotatable bonds is 7. The minimum absolute atomic E-state index is 0.420. The van der Waals surface area contributed by atoms with Gasteiger partial charge < -0.3 is 20.5 Å². The van der Waals surface area contributed by atoms with Crippen molar-refractivity contribution in [3.63, 3.8) is 0 Å². The largest absolute Gasteiger partial charge is 0.480 e. The molecule has 0 aromatic heterocycles. The Morgan fingerprint density at radius 1 is 1.18 bits per heavy atom. The van der Waals surface area contributed by atoms with E-state index in [0.717, 1.165) is 0 Å². The van der Waals surface area contributed by atoms with E-state index in [1.165, 1.54) is 0 Å². The van der Waals surface area contributed by atoms with Gasteiger partial charge in [0.2, 0.25) is 0 Å². The number of benzene rings is 1. The first kappa shape index (κ1) is 18.0. The molecule has 6 heteroatoms. The monoisotopic (exact) mass is 308 g/mol. The zero-order chi connectivity index (χ0) is 16.6. The van der Waals surface area contributed by atoms with Crippen LogP contribution in [0.2, 0.25) is 0 Å². The number of hydrogen-bond donors (Lipinski definition) is 3. The van der Waals surface area contributed by atoms with Crippen LogP contribution in [-0.2, 0) is 9.53 Å². The molecule has 1 atom stereocenters. The molecule has 1 aromatic carbocycles. The van der Waals surface area contributed by atoms with Crippen molar-refractivity contribution in [2.24, 2.45) is 0 Å². The van der Waals surface area contributed by atoms with Gasteiger partial charge in [0.25, 0.3) is 0 Å². The molecular formula is C16H24N2O4. The van der Waals surface area contributed by atoms with Crippen molar-refractivity contribution in [3.8, 4) is 0 Å². The van der Waals surface area contributed by atoms with Crippen LogP contribution in [0.15, 0.2) is 30.3 Å². The predicted octanol–water partition coefficient (Wildman–Crippen LogP) is 2.32. The van der Waals surface area contributed by atoms with E-state index >= 15 is 0 Å². The van der Waals surface area contributed by atoms with E-state index in [2.05, 4.69) is 10.6 Å². The lowest BCUT2D eigenvalue weighted by atomic mass is 10.1. The van der Waals surface area contributed by atoms with Gasteiger partial charge >= 0.3 is 12.1 Å². The molecule has 0 fully saturated rings. The molecule has 0 aliphatic carbocycles. The van der Waals surface area contributed by atoms with Gasteiger partial charge in [-0.15, -0.1) is 0 Å². The minimum Gasteiger partial charge on any atom is -0.480 e. The molecule has 0 saturated heterocycles. The highest BCUT2D eigenvalue weighted by molar-refractivity contribution is 5.75. The summed E-state index contributed by atoms with van der Waals surface area (Å²) in [4.78, 5) is 22.7. The smallest absolute Gasteiger partial charge is 0.407 e. The van der Waals surface area contributed by atoms with Gasteiger partial charge in [0.05, 0.1) is 0 Å². The molecule has 1 rings (SSSR count). The van der Waals surface area contributed by atoms with Gasteiger partial charge in [-0.25, -0.2) is 4.79 Å². The highest BCUT2D eigenvalue weighted by Crippen LogP contribution is 2.12. The number of carboxylic acid groups (broad SMARTS) is 1. The van der Waals surface area contributed by atoms with Gasteiger partial charge in [-0.05, 0) is 39.3 Å². The van der Waals surface area contributed by atoms with E-state index in [9.17, 15) is 14.7 Å². The number of carboxylic acids is 1. The number of amides is 1. The summed E-state index contributed by atoms with van der Waals surface area (Å²) in [5.41, 5.74) is 0.180. The molecule has 1 unspecified atom stereocenters. The van der Waals surface area contributed by atoms with Gasteiger partial charge in [0, 0.05) is 6.54 Å². The maximum Gasteiger partial charge on any atom is 0.407 e. The molecule has 0 aliphatic rings. The molecular weight excluding hydrogens is 284 g/mol. The van der Waals surface area contributed by atoms with Gasteiger partial charge in [0.1, 0.15) is 11.6 Å². The molecule has 0 aliphatic heterocycles. The Kier molecular flexibility index (Phi) is 6.85. The summed E-state index contributed by atoms with van der Waals surface area (Å²) in [6.45, 7) is 6.28. The lowest BCUT2D eigenvalue weighted by molar-refractivity contribution is -0.139. The first-order chi connectivity index (χ1) is 10.3. The van der Waals surface area contributed by atoms with Crippen LogP contribution in [0.4, 0.5) is 4.79 Å². The maximum atomic E-state index is 11.4. The predicted molar refractivity (Wildman–Crippen MR) is 83.7 cm³/mol. The van der Waals surface area contributed by atoms with Gasteiger partial charge in [-0.3, -0.25) is 4.79 Å². The standard InChI is InChI=1S/C16H24N2O4/c1-16(2,3)22-15(21)18-11-7-10-17-13(14(19)20)12-8-5-4-6-9-12/h4-6,8-9,13,17H,7,10-11H2,1-3H3,(H,18,21)(H,19,20). The molecule has 0 radical (unpaired) electrons. The number of hydrogen-bond acceptors (Lipinski definition) is 4. The van der Waals surface area contributed by atoms with Crippen molar-refractivity contribution < 1.29 is 19.4 Å². The third-order valence-corrected chi connectivity index (χ3v) is 2.75. The van der Waals surface area contributed by atoms with E-state index in [0.29, 0.717) is 25.1 Å². The van der Waals surface area contributed by atoms with Crippen molar-refractivity contribution in [1.82, 2.24) is 10.6 Å². The number of aliphatic carboxylic acids is 1. The molecule has 1 aromatic rings. The number of carbonyl (C=O) groups is 2. The Bertz CT molecular complexity index is 483. The first-order valence-corrected chi connectivity index (χ1v) is 7.27. The fraction of sp³-hybridized carbons (Fsp3) is 0.500. The highest BCUT2D eigenvalue weighted by atomic mass is 16.6. The van der Waals surface area contributed by atoms with E-state index in [4.69, 9.17) is 4.74 Å². The lowest BCUT2D eigenvalue weighted by Gasteiger charge is -2.20. The zero-order valence-electron chi connectivity index (χ0n) is 13.3. The van der Waals surface area contributed by atoms with Crippen molar-refractivity contribution in [2.45, 2.75) is 38.8 Å². The third-order valence-electron chi connectivity index (χ3n) is 2.75. The average molecular weight is 308 g/mol. The van der Waals surface area contributed by atoms with Crippen LogP contribution in [0, 0.1) is 0 Å². The first-order valence-electron chi connectivity index (χ1n) is 7.27. The SMILES string of the molecule is CC(C)(C)OC(=O)NCCCNC(C(=O)O)c1ccccc1. The van der Waals surface area contributed by atoms with Crippen LogP contribution in [-0.4, -0.2) is 35.9 Å². The summed E-state index contributed by atoms with van der Waals surface area (Å²) in [6.07, 6.45) is 0.140. The molecule has 0 bridgehead atoms. The Labute approximate surface area is 130 Å². The van der Waals surface area contributed by atoms with Crippen molar-refractivity contribution in [3.05, 3.63) is 35.9 Å². The average Bonchev–Trinajstić information content (AvgIpc) is 2.41. The van der Waals surface area contributed by atoms with Crippen LogP contribution >= 0.6 is 0 Å². The van der Waals surface area contributed by atoms with Gasteiger partial charge in [0.15, 0.2) is 0 Å². The third kappa shape index (κ3) is 7.08. The summed E-state index contributed by atoms with van der Waals surface area (Å²) < 4.78 is 5.11. The molecule has 22 heavy (non-hydrogen) atoms. The Balaban J connectivity index is 2.30. The number of nitrogens with one attached hydrogen (secondary N) is 2. The molecule has 0 heterocycles. The lowest BCUT2D eigenvalue weighted by Crippen LogP contribution is -2.35. The topological polar surface area (TPSA) is 87.7 Å². The van der Waals surface area contributed by atoms with Crippen LogP contribution in [0.5, 0.6) is 0 Å². The van der Waals surface area contributed by atoms with Crippen LogP contribution in [0.1, 0.15) is 38.8 Å². The summed E-state index contributed by atoms with van der Waals surface area (Å²) in [5, 5.41) is 14.8. The summed E-state index contributed by atoms with van der Waals surface area (Å²) >= 11 is 0. The van der Waals surface area contributed by atoms with Crippen molar-refractivity contribution >= 4 is 12.1 Å². The molecule has 6 nitrogen and oxygen atoms in total. The number of alkyl carbamates (subject to hydrolysis) is 1. The Morgan fingerprint density at radius 2 is 1.82 bits per heavy atom. The molecule has 0 saturated carbocycles. The number of ether oxygens (including phenoxy) is 1. The Morgan fingerprint density at radius 3 is 2.36 bits per heavy atom. The second-order valence-electron chi connectivity index (χ2n) is 5.92. The van der Waals surface area contributed by atoms with E-state index in [1.54, 1.807) is 45.0 Å². The van der Waals surface area contributed by atoms with Crippen LogP contribution in [0.25, 0.3) is 0 Å².